The van der Waals surface area contributed by atoms with Gasteiger partial charge in [0.15, 0.2) is 0 Å². The summed E-state index contributed by atoms with van der Waals surface area (Å²) < 4.78 is 0.680. The number of anilines is 1. The first-order valence-corrected chi connectivity index (χ1v) is 7.02. The van der Waals surface area contributed by atoms with Gasteiger partial charge in [-0.25, -0.2) is 0 Å². The molecule has 0 spiro atoms. The van der Waals surface area contributed by atoms with Gasteiger partial charge in [0.25, 0.3) is 5.69 Å². The molecule has 0 aliphatic rings. The lowest BCUT2D eigenvalue weighted by atomic mass is 10.2. The number of nitro benzene ring substituents is 1. The van der Waals surface area contributed by atoms with E-state index >= 15 is 0 Å². The van der Waals surface area contributed by atoms with E-state index in [0.717, 1.165) is 4.88 Å². The SMILES string of the molecule is O=[N+]([O-])c1cc(Br)ccc1NCc1cc(Cl)cs1. The number of thiophene rings is 1. The summed E-state index contributed by atoms with van der Waals surface area (Å²) in [6, 6.07) is 6.75. The lowest BCUT2D eigenvalue weighted by Crippen LogP contribution is -2.01. The van der Waals surface area contributed by atoms with E-state index in [-0.39, 0.29) is 5.69 Å². The summed E-state index contributed by atoms with van der Waals surface area (Å²) in [6.45, 7) is 0.514. The quantitative estimate of drug-likeness (QED) is 0.645. The lowest BCUT2D eigenvalue weighted by molar-refractivity contribution is -0.384. The minimum atomic E-state index is -0.408. The second-order valence-corrected chi connectivity index (χ2v) is 5.85. The van der Waals surface area contributed by atoms with E-state index in [4.69, 9.17) is 11.6 Å². The molecule has 0 aliphatic carbocycles. The molecule has 4 nitrogen and oxygen atoms in total. The fraction of sp³-hybridized carbons (Fsp3) is 0.0909. The van der Waals surface area contributed by atoms with Gasteiger partial charge in [-0.1, -0.05) is 27.5 Å². The van der Waals surface area contributed by atoms with Gasteiger partial charge >= 0.3 is 0 Å². The number of rotatable bonds is 4. The number of hydrogen-bond acceptors (Lipinski definition) is 4. The van der Waals surface area contributed by atoms with Crippen molar-refractivity contribution in [2.45, 2.75) is 6.54 Å². The monoisotopic (exact) mass is 346 g/mol. The van der Waals surface area contributed by atoms with Gasteiger partial charge in [-0.15, -0.1) is 11.3 Å². The highest BCUT2D eigenvalue weighted by atomic mass is 79.9. The molecule has 0 unspecified atom stereocenters. The van der Waals surface area contributed by atoms with Crippen LogP contribution in [0.3, 0.4) is 0 Å². The maximum atomic E-state index is 10.9. The lowest BCUT2D eigenvalue weighted by Gasteiger charge is -2.05. The van der Waals surface area contributed by atoms with Crippen LogP contribution in [0.25, 0.3) is 0 Å². The van der Waals surface area contributed by atoms with Crippen LogP contribution in [0.15, 0.2) is 34.1 Å². The van der Waals surface area contributed by atoms with Crippen LogP contribution in [-0.4, -0.2) is 4.92 Å². The Hall–Kier alpha value is -1.11. The third-order valence-electron chi connectivity index (χ3n) is 2.23. The topological polar surface area (TPSA) is 55.2 Å². The first-order valence-electron chi connectivity index (χ1n) is 4.97. The van der Waals surface area contributed by atoms with Crippen LogP contribution in [0.5, 0.6) is 0 Å². The molecule has 0 saturated heterocycles. The zero-order valence-corrected chi connectivity index (χ0v) is 12.2. The third kappa shape index (κ3) is 3.22. The van der Waals surface area contributed by atoms with Gasteiger partial charge in [-0.05, 0) is 18.2 Å². The summed E-state index contributed by atoms with van der Waals surface area (Å²) in [4.78, 5) is 11.5. The molecule has 0 radical (unpaired) electrons. The molecule has 0 atom stereocenters. The highest BCUT2D eigenvalue weighted by Gasteiger charge is 2.13. The van der Waals surface area contributed by atoms with Crippen molar-refractivity contribution in [1.82, 2.24) is 0 Å². The summed E-state index contributed by atoms with van der Waals surface area (Å²) in [7, 11) is 0. The largest absolute Gasteiger partial charge is 0.375 e. The van der Waals surface area contributed by atoms with Gasteiger partial charge in [0.05, 0.1) is 9.95 Å². The summed E-state index contributed by atoms with van der Waals surface area (Å²) >= 11 is 10.5. The standard InChI is InChI=1S/C11H8BrClN2O2S/c12-7-1-2-10(11(3-7)15(16)17)14-5-9-4-8(13)6-18-9/h1-4,6,14H,5H2. The van der Waals surface area contributed by atoms with Gasteiger partial charge in [-0.3, -0.25) is 10.1 Å². The summed E-state index contributed by atoms with van der Waals surface area (Å²) in [5.74, 6) is 0. The zero-order chi connectivity index (χ0) is 13.1. The van der Waals surface area contributed by atoms with Crippen molar-refractivity contribution in [1.29, 1.82) is 0 Å². The van der Waals surface area contributed by atoms with Crippen molar-refractivity contribution in [2.75, 3.05) is 5.32 Å². The molecule has 0 aliphatic heterocycles. The van der Waals surface area contributed by atoms with Gasteiger partial charge in [0.2, 0.25) is 0 Å². The maximum absolute atomic E-state index is 10.9. The molecule has 94 valence electrons. The second-order valence-electron chi connectivity index (χ2n) is 3.50. The Morgan fingerprint density at radius 2 is 2.22 bits per heavy atom. The molecule has 2 rings (SSSR count). The Kier molecular flexibility index (Phi) is 4.21. The Balaban J connectivity index is 2.16. The van der Waals surface area contributed by atoms with E-state index in [1.165, 1.54) is 17.4 Å². The third-order valence-corrected chi connectivity index (χ3v) is 4.01. The number of hydrogen-bond donors (Lipinski definition) is 1. The van der Waals surface area contributed by atoms with Crippen LogP contribution in [0.4, 0.5) is 11.4 Å². The van der Waals surface area contributed by atoms with Gasteiger partial charge in [0, 0.05) is 27.3 Å². The van der Waals surface area contributed by atoms with Gasteiger partial charge in [0.1, 0.15) is 5.69 Å². The fourth-order valence-electron chi connectivity index (χ4n) is 1.43. The molecule has 0 saturated carbocycles. The van der Waals surface area contributed by atoms with E-state index in [1.807, 2.05) is 11.4 Å². The average molecular weight is 348 g/mol. The van der Waals surface area contributed by atoms with Gasteiger partial charge < -0.3 is 5.32 Å². The van der Waals surface area contributed by atoms with Crippen LogP contribution in [0, 0.1) is 10.1 Å². The van der Waals surface area contributed by atoms with Crippen molar-refractivity contribution in [3.8, 4) is 0 Å². The number of nitrogens with one attached hydrogen (secondary N) is 1. The van der Waals surface area contributed by atoms with E-state index < -0.39 is 4.92 Å². The van der Waals surface area contributed by atoms with E-state index in [9.17, 15) is 10.1 Å². The minimum Gasteiger partial charge on any atom is -0.375 e. The Bertz CT molecular complexity index is 588. The Morgan fingerprint density at radius 1 is 1.44 bits per heavy atom. The first-order chi connectivity index (χ1) is 8.56. The van der Waals surface area contributed by atoms with Crippen molar-refractivity contribution in [3.63, 3.8) is 0 Å². The fourth-order valence-corrected chi connectivity index (χ4v) is 2.80. The number of nitro groups is 1. The molecule has 1 aromatic carbocycles. The highest BCUT2D eigenvalue weighted by molar-refractivity contribution is 9.10. The van der Waals surface area contributed by atoms with Crippen LogP contribution < -0.4 is 5.32 Å². The van der Waals surface area contributed by atoms with E-state index in [0.29, 0.717) is 21.7 Å². The molecule has 1 aromatic heterocycles. The van der Waals surface area contributed by atoms with E-state index in [1.54, 1.807) is 12.1 Å². The van der Waals surface area contributed by atoms with Gasteiger partial charge in [-0.2, -0.15) is 0 Å². The summed E-state index contributed by atoms with van der Waals surface area (Å²) in [5, 5.41) is 16.5. The Labute approximate surface area is 121 Å². The van der Waals surface area contributed by atoms with E-state index in [2.05, 4.69) is 21.2 Å². The molecule has 0 bridgehead atoms. The highest BCUT2D eigenvalue weighted by Crippen LogP contribution is 2.29. The predicted molar refractivity (Wildman–Crippen MR) is 77.5 cm³/mol. The number of benzene rings is 1. The van der Waals surface area contributed by atoms with Crippen molar-refractivity contribution in [3.05, 3.63) is 54.1 Å². The Morgan fingerprint density at radius 3 is 2.83 bits per heavy atom. The predicted octanol–water partition coefficient (Wildman–Crippen LogP) is 4.68. The molecule has 18 heavy (non-hydrogen) atoms. The van der Waals surface area contributed by atoms with Crippen LogP contribution in [-0.2, 0) is 6.54 Å². The second kappa shape index (κ2) is 5.69. The molecule has 1 N–H and O–H groups in total. The molecular weight excluding hydrogens is 340 g/mol. The molecule has 1 heterocycles. The molecule has 2 aromatic rings. The first kappa shape index (κ1) is 13.3. The maximum Gasteiger partial charge on any atom is 0.293 e. The molecule has 0 amide bonds. The van der Waals surface area contributed by atoms with Crippen LogP contribution in [0.1, 0.15) is 4.88 Å². The molecular formula is C11H8BrClN2O2S. The smallest absolute Gasteiger partial charge is 0.293 e. The van der Waals surface area contributed by atoms with Crippen LogP contribution in [0.2, 0.25) is 5.02 Å². The molecule has 0 fully saturated rings. The van der Waals surface area contributed by atoms with Crippen molar-refractivity contribution < 1.29 is 4.92 Å². The minimum absolute atomic E-state index is 0.0482. The van der Waals surface area contributed by atoms with Crippen LogP contribution >= 0.6 is 38.9 Å². The van der Waals surface area contributed by atoms with Crippen molar-refractivity contribution >= 4 is 50.2 Å². The zero-order valence-electron chi connectivity index (χ0n) is 9.02. The molecule has 7 heteroatoms. The number of nitrogens with zero attached hydrogens (tertiary/aromatic N) is 1. The average Bonchev–Trinajstić information content (AvgIpc) is 2.73. The summed E-state index contributed by atoms with van der Waals surface area (Å²) in [5.41, 5.74) is 0.541. The van der Waals surface area contributed by atoms with Crippen molar-refractivity contribution in [2.24, 2.45) is 0 Å². The number of halogens is 2. The summed E-state index contributed by atoms with van der Waals surface area (Å²) in [6.07, 6.45) is 0. The normalized spacial score (nSPS) is 10.3.